The number of H-pyrrole nitrogens is 1. The van der Waals surface area contributed by atoms with Gasteiger partial charge in [0, 0.05) is 34.3 Å². The SMILES string of the molecule is CC(C)(C)OC(=O)N[C@@H](CSCc1ccc(NC(=O)Cc2c[nH]c3ccc(OCc4ccccc4)cc23)cc1)C(=O)O. The van der Waals surface area contributed by atoms with E-state index in [9.17, 15) is 19.5 Å². The van der Waals surface area contributed by atoms with Crippen molar-refractivity contribution in [3.05, 3.63) is 95.7 Å². The molecule has 0 aliphatic carbocycles. The van der Waals surface area contributed by atoms with Crippen molar-refractivity contribution in [3.63, 3.8) is 0 Å². The number of aromatic nitrogens is 1. The Bertz CT molecular complexity index is 1510. The number of nitrogens with one attached hydrogen (secondary N) is 3. The summed E-state index contributed by atoms with van der Waals surface area (Å²) in [5, 5.41) is 15.7. The minimum absolute atomic E-state index is 0.147. The second-order valence-corrected chi connectivity index (χ2v) is 11.8. The summed E-state index contributed by atoms with van der Waals surface area (Å²) in [7, 11) is 0. The van der Waals surface area contributed by atoms with Gasteiger partial charge in [0.25, 0.3) is 0 Å². The van der Waals surface area contributed by atoms with Crippen LogP contribution in [-0.4, -0.2) is 45.5 Å². The Morgan fingerprint density at radius 2 is 1.71 bits per heavy atom. The quantitative estimate of drug-likeness (QED) is 0.156. The van der Waals surface area contributed by atoms with Gasteiger partial charge in [0.1, 0.15) is 24.0 Å². The summed E-state index contributed by atoms with van der Waals surface area (Å²) in [6, 6.07) is 22.0. The van der Waals surface area contributed by atoms with Crippen LogP contribution in [0.15, 0.2) is 79.0 Å². The third kappa shape index (κ3) is 9.31. The molecule has 0 unspecified atom stereocenters. The Labute approximate surface area is 249 Å². The van der Waals surface area contributed by atoms with E-state index in [2.05, 4.69) is 15.6 Å². The maximum Gasteiger partial charge on any atom is 0.408 e. The predicted octanol–water partition coefficient (Wildman–Crippen LogP) is 6.14. The van der Waals surface area contributed by atoms with E-state index in [0.29, 0.717) is 18.0 Å². The molecule has 2 amide bonds. The predicted molar refractivity (Wildman–Crippen MR) is 165 cm³/mol. The van der Waals surface area contributed by atoms with Crippen molar-refractivity contribution >= 4 is 46.3 Å². The molecule has 0 saturated heterocycles. The number of amides is 2. The summed E-state index contributed by atoms with van der Waals surface area (Å²) >= 11 is 1.38. The van der Waals surface area contributed by atoms with Gasteiger partial charge in [-0.05, 0) is 67.8 Å². The number of aliphatic carboxylic acids is 1. The number of alkyl carbamates (subject to hydrolysis) is 1. The molecule has 1 atom stereocenters. The molecule has 0 bridgehead atoms. The van der Waals surface area contributed by atoms with Crippen molar-refractivity contribution in [2.45, 2.75) is 51.2 Å². The topological polar surface area (TPSA) is 130 Å². The molecule has 10 heteroatoms. The van der Waals surface area contributed by atoms with Crippen LogP contribution in [0.2, 0.25) is 0 Å². The van der Waals surface area contributed by atoms with E-state index >= 15 is 0 Å². The van der Waals surface area contributed by atoms with Gasteiger partial charge in [-0.25, -0.2) is 9.59 Å². The molecule has 0 aliphatic rings. The lowest BCUT2D eigenvalue weighted by atomic mass is 10.1. The molecule has 0 aliphatic heterocycles. The van der Waals surface area contributed by atoms with Gasteiger partial charge in [-0.15, -0.1) is 0 Å². The molecule has 220 valence electrons. The fourth-order valence-corrected chi connectivity index (χ4v) is 5.12. The number of carbonyl (C=O) groups excluding carboxylic acids is 2. The van der Waals surface area contributed by atoms with Gasteiger partial charge < -0.3 is 30.2 Å². The van der Waals surface area contributed by atoms with Crippen molar-refractivity contribution in [3.8, 4) is 5.75 Å². The zero-order valence-corrected chi connectivity index (χ0v) is 24.6. The van der Waals surface area contributed by atoms with Crippen molar-refractivity contribution < 1.29 is 29.0 Å². The van der Waals surface area contributed by atoms with Gasteiger partial charge in [0.05, 0.1) is 6.42 Å². The third-order valence-electron chi connectivity index (χ3n) is 6.12. The lowest BCUT2D eigenvalue weighted by molar-refractivity contribution is -0.138. The number of carbonyl (C=O) groups is 3. The van der Waals surface area contributed by atoms with Crippen LogP contribution in [0.5, 0.6) is 5.75 Å². The first-order valence-electron chi connectivity index (χ1n) is 13.5. The van der Waals surface area contributed by atoms with E-state index in [1.54, 1.807) is 20.8 Å². The van der Waals surface area contributed by atoms with Crippen LogP contribution < -0.4 is 15.4 Å². The first kappa shape index (κ1) is 30.5. The average molecular weight is 590 g/mol. The molecule has 0 spiro atoms. The number of fused-ring (bicyclic) bond motifs is 1. The Morgan fingerprint density at radius 1 is 0.976 bits per heavy atom. The zero-order chi connectivity index (χ0) is 30.1. The van der Waals surface area contributed by atoms with Gasteiger partial charge in [-0.1, -0.05) is 42.5 Å². The van der Waals surface area contributed by atoms with Crippen LogP contribution in [0.25, 0.3) is 10.9 Å². The highest BCUT2D eigenvalue weighted by molar-refractivity contribution is 7.98. The first-order chi connectivity index (χ1) is 20.1. The third-order valence-corrected chi connectivity index (χ3v) is 7.22. The molecular weight excluding hydrogens is 554 g/mol. The number of anilines is 1. The number of carboxylic acids is 1. The molecule has 0 radical (unpaired) electrons. The van der Waals surface area contributed by atoms with Crippen LogP contribution >= 0.6 is 11.8 Å². The molecule has 1 heterocycles. The summed E-state index contributed by atoms with van der Waals surface area (Å²) in [6.07, 6.45) is 1.27. The monoisotopic (exact) mass is 589 g/mol. The first-order valence-corrected chi connectivity index (χ1v) is 14.7. The highest BCUT2D eigenvalue weighted by Gasteiger charge is 2.24. The molecule has 4 N–H and O–H groups in total. The summed E-state index contributed by atoms with van der Waals surface area (Å²) < 4.78 is 11.1. The normalized spacial score (nSPS) is 12.0. The molecule has 4 aromatic rings. The smallest absolute Gasteiger partial charge is 0.408 e. The van der Waals surface area contributed by atoms with Gasteiger partial charge >= 0.3 is 12.1 Å². The lowest BCUT2D eigenvalue weighted by Crippen LogP contribution is -2.44. The summed E-state index contributed by atoms with van der Waals surface area (Å²) in [4.78, 5) is 39.5. The molecule has 3 aromatic carbocycles. The van der Waals surface area contributed by atoms with E-state index < -0.39 is 23.7 Å². The van der Waals surface area contributed by atoms with E-state index in [0.717, 1.165) is 33.3 Å². The van der Waals surface area contributed by atoms with Crippen molar-refractivity contribution in [2.75, 3.05) is 11.1 Å². The molecular formula is C32H35N3O6S. The number of carboxylic acid groups (broad SMARTS) is 1. The highest BCUT2D eigenvalue weighted by atomic mass is 32.2. The number of hydrogen-bond donors (Lipinski definition) is 4. The van der Waals surface area contributed by atoms with Crippen LogP contribution in [0, 0.1) is 0 Å². The van der Waals surface area contributed by atoms with Crippen molar-refractivity contribution in [1.82, 2.24) is 10.3 Å². The van der Waals surface area contributed by atoms with Crippen molar-refractivity contribution in [2.24, 2.45) is 0 Å². The van der Waals surface area contributed by atoms with E-state index in [1.165, 1.54) is 11.8 Å². The molecule has 4 rings (SSSR count). The minimum Gasteiger partial charge on any atom is -0.489 e. The minimum atomic E-state index is -1.13. The Hall–Kier alpha value is -4.44. The fraction of sp³-hybridized carbons (Fsp3) is 0.281. The molecule has 0 fully saturated rings. The van der Waals surface area contributed by atoms with Gasteiger partial charge in [-0.3, -0.25) is 4.79 Å². The van der Waals surface area contributed by atoms with Crippen LogP contribution in [0.3, 0.4) is 0 Å². The largest absolute Gasteiger partial charge is 0.489 e. The fourth-order valence-electron chi connectivity index (χ4n) is 4.12. The van der Waals surface area contributed by atoms with Crippen LogP contribution in [-0.2, 0) is 33.1 Å². The second kappa shape index (κ2) is 14.0. The second-order valence-electron chi connectivity index (χ2n) is 10.8. The number of thioether (sulfide) groups is 1. The van der Waals surface area contributed by atoms with E-state index in [1.807, 2.05) is 79.0 Å². The van der Waals surface area contributed by atoms with E-state index in [-0.39, 0.29) is 18.1 Å². The van der Waals surface area contributed by atoms with Gasteiger partial charge in [0.15, 0.2) is 0 Å². The summed E-state index contributed by atoms with van der Waals surface area (Å²) in [5.41, 5.74) is 3.78. The zero-order valence-electron chi connectivity index (χ0n) is 23.8. The van der Waals surface area contributed by atoms with Gasteiger partial charge in [-0.2, -0.15) is 11.8 Å². The standard InChI is InChI=1S/C32H35N3O6S/c1-32(2,3)41-31(39)35-28(30(37)38)20-42-19-22-9-11-24(12-10-22)34-29(36)15-23-17-33-27-14-13-25(16-26(23)27)40-18-21-7-5-4-6-8-21/h4-14,16-17,28,33H,15,18-20H2,1-3H3,(H,34,36)(H,35,39)(H,37,38)/t28-/m0/s1. The maximum atomic E-state index is 12.8. The van der Waals surface area contributed by atoms with E-state index in [4.69, 9.17) is 9.47 Å². The Balaban J connectivity index is 1.26. The number of hydrogen-bond acceptors (Lipinski definition) is 6. The van der Waals surface area contributed by atoms with Crippen LogP contribution in [0.4, 0.5) is 10.5 Å². The number of rotatable bonds is 12. The van der Waals surface area contributed by atoms with Gasteiger partial charge in [0.2, 0.25) is 5.91 Å². The number of ether oxygens (including phenoxy) is 2. The van der Waals surface area contributed by atoms with Crippen molar-refractivity contribution in [1.29, 1.82) is 0 Å². The Morgan fingerprint density at radius 3 is 2.40 bits per heavy atom. The molecule has 0 saturated carbocycles. The average Bonchev–Trinajstić information content (AvgIpc) is 3.33. The molecule has 1 aromatic heterocycles. The highest BCUT2D eigenvalue weighted by Crippen LogP contribution is 2.25. The summed E-state index contributed by atoms with van der Waals surface area (Å²) in [5.74, 6) is 0.175. The maximum absolute atomic E-state index is 12.8. The molecule has 42 heavy (non-hydrogen) atoms. The Kier molecular flexibility index (Phi) is 10.1. The number of benzene rings is 3. The summed E-state index contributed by atoms with van der Waals surface area (Å²) in [6.45, 7) is 5.60. The molecule has 9 nitrogen and oxygen atoms in total. The lowest BCUT2D eigenvalue weighted by Gasteiger charge is -2.21. The van der Waals surface area contributed by atoms with Crippen LogP contribution in [0.1, 0.15) is 37.5 Å². The number of aromatic amines is 1.